The van der Waals surface area contributed by atoms with Gasteiger partial charge in [0.1, 0.15) is 0 Å². The van der Waals surface area contributed by atoms with Gasteiger partial charge in [-0.3, -0.25) is 4.90 Å². The lowest BCUT2D eigenvalue weighted by molar-refractivity contribution is 0.182. The van der Waals surface area contributed by atoms with E-state index in [0.29, 0.717) is 6.04 Å². The molecule has 0 radical (unpaired) electrons. The number of hydrogen-bond donors (Lipinski definition) is 2. The van der Waals surface area contributed by atoms with Crippen molar-refractivity contribution < 1.29 is 0 Å². The fourth-order valence-electron chi connectivity index (χ4n) is 4.98. The zero-order valence-corrected chi connectivity index (χ0v) is 16.5. The molecule has 3 N–H and O–H groups in total. The van der Waals surface area contributed by atoms with Crippen LogP contribution in [0.4, 0.5) is 0 Å². The van der Waals surface area contributed by atoms with Crippen molar-refractivity contribution in [2.75, 3.05) is 19.6 Å². The molecule has 1 fully saturated rings. The molecule has 0 aromatic heterocycles. The van der Waals surface area contributed by atoms with Crippen LogP contribution in [0, 0.1) is 5.92 Å². The molecule has 142 valence electrons. The third kappa shape index (κ3) is 4.04. The second-order valence-electron chi connectivity index (χ2n) is 8.38. The number of nitrogens with one attached hydrogen (secondary N) is 1. The molecule has 4 heteroatoms. The van der Waals surface area contributed by atoms with Gasteiger partial charge in [-0.05, 0) is 55.2 Å². The van der Waals surface area contributed by atoms with Gasteiger partial charge in [-0.15, -0.1) is 0 Å². The summed E-state index contributed by atoms with van der Waals surface area (Å²) in [5, 5.41) is 4.67. The molecule has 0 amide bonds. The largest absolute Gasteiger partial charge is 0.401 e. The highest BCUT2D eigenvalue weighted by molar-refractivity contribution is 6.31. The van der Waals surface area contributed by atoms with Gasteiger partial charge >= 0.3 is 0 Å². The molecule has 1 aromatic carbocycles. The predicted molar refractivity (Wildman–Crippen MR) is 109 cm³/mol. The van der Waals surface area contributed by atoms with E-state index in [1.807, 2.05) is 6.07 Å². The van der Waals surface area contributed by atoms with Gasteiger partial charge in [-0.25, -0.2) is 0 Å². The van der Waals surface area contributed by atoms with E-state index in [9.17, 15) is 0 Å². The van der Waals surface area contributed by atoms with Crippen molar-refractivity contribution in [3.8, 4) is 0 Å². The molecule has 1 aromatic rings. The zero-order valence-electron chi connectivity index (χ0n) is 15.8. The fourth-order valence-corrected chi connectivity index (χ4v) is 5.25. The highest BCUT2D eigenvalue weighted by Gasteiger charge is 2.28. The Morgan fingerprint density at radius 1 is 1.12 bits per heavy atom. The summed E-state index contributed by atoms with van der Waals surface area (Å²) in [4.78, 5) is 2.63. The van der Waals surface area contributed by atoms with E-state index in [-0.39, 0.29) is 0 Å². The second-order valence-corrected chi connectivity index (χ2v) is 8.79. The average Bonchev–Trinajstić information content (AvgIpc) is 2.68. The quantitative estimate of drug-likeness (QED) is 0.829. The van der Waals surface area contributed by atoms with Crippen molar-refractivity contribution in [3.63, 3.8) is 0 Å². The molecule has 0 bridgehead atoms. The topological polar surface area (TPSA) is 41.3 Å². The Morgan fingerprint density at radius 2 is 1.96 bits per heavy atom. The summed E-state index contributed by atoms with van der Waals surface area (Å²) in [5.41, 5.74) is 11.5. The molecule has 1 atom stereocenters. The van der Waals surface area contributed by atoms with Crippen LogP contribution in [0.2, 0.25) is 5.02 Å². The molecule has 3 nitrogen and oxygen atoms in total. The number of nitrogens with zero attached hydrogens (tertiary/aromatic N) is 1. The van der Waals surface area contributed by atoms with E-state index in [1.54, 1.807) is 0 Å². The minimum Gasteiger partial charge on any atom is -0.401 e. The number of hydrogen-bond acceptors (Lipinski definition) is 3. The summed E-state index contributed by atoms with van der Waals surface area (Å²) in [6.07, 6.45) is 11.4. The molecule has 1 unspecified atom stereocenters. The maximum atomic E-state index is 6.47. The Balaban J connectivity index is 1.37. The summed E-state index contributed by atoms with van der Waals surface area (Å²) in [7, 11) is 0. The molecule has 3 aliphatic rings. The van der Waals surface area contributed by atoms with E-state index in [4.69, 9.17) is 17.3 Å². The van der Waals surface area contributed by atoms with Gasteiger partial charge in [0.15, 0.2) is 0 Å². The second kappa shape index (κ2) is 8.22. The first-order valence-corrected chi connectivity index (χ1v) is 10.8. The smallest absolute Gasteiger partial charge is 0.0441 e. The van der Waals surface area contributed by atoms with Gasteiger partial charge in [0.05, 0.1) is 0 Å². The first-order valence-electron chi connectivity index (χ1n) is 10.4. The van der Waals surface area contributed by atoms with E-state index in [1.165, 1.54) is 55.3 Å². The third-order valence-corrected chi connectivity index (χ3v) is 7.02. The molecular weight excluding hydrogens is 342 g/mol. The van der Waals surface area contributed by atoms with Crippen LogP contribution in [0.25, 0.3) is 0 Å². The Labute approximate surface area is 163 Å². The first kappa shape index (κ1) is 18.2. The van der Waals surface area contributed by atoms with Crippen LogP contribution in [0.3, 0.4) is 0 Å². The number of aryl methyl sites for hydroxylation is 1. The Hall–Kier alpha value is -1.19. The van der Waals surface area contributed by atoms with E-state index >= 15 is 0 Å². The molecule has 1 aliphatic heterocycles. The number of nitrogens with two attached hydrogens (primary N) is 1. The van der Waals surface area contributed by atoms with E-state index in [2.05, 4.69) is 22.3 Å². The maximum Gasteiger partial charge on any atom is 0.0441 e. The van der Waals surface area contributed by atoms with Crippen LogP contribution in [-0.4, -0.2) is 30.6 Å². The Kier molecular flexibility index (Phi) is 5.75. The summed E-state index contributed by atoms with van der Waals surface area (Å²) in [6.45, 7) is 3.15. The average molecular weight is 374 g/mol. The van der Waals surface area contributed by atoms with Crippen LogP contribution < -0.4 is 11.1 Å². The van der Waals surface area contributed by atoms with Crippen LogP contribution in [0.15, 0.2) is 29.6 Å². The number of halogens is 1. The van der Waals surface area contributed by atoms with Gasteiger partial charge in [0.2, 0.25) is 0 Å². The van der Waals surface area contributed by atoms with Crippen LogP contribution >= 0.6 is 11.6 Å². The number of fused-ring (bicyclic) bond motifs is 1. The van der Waals surface area contributed by atoms with Crippen molar-refractivity contribution in [2.45, 2.75) is 63.8 Å². The third-order valence-electron chi connectivity index (χ3n) is 6.66. The maximum absolute atomic E-state index is 6.47. The molecule has 1 heterocycles. The van der Waals surface area contributed by atoms with Crippen molar-refractivity contribution in [1.29, 1.82) is 0 Å². The molecule has 2 aliphatic carbocycles. The minimum absolute atomic E-state index is 0.585. The Bertz CT molecular complexity index is 663. The standard InChI is InChI=1S/C22H32ClN3/c23-20-8-4-7-17-9-10-18(13-19(17)20)26-12-11-21(24)22(15-26)25-14-16-5-2-1-3-6-16/h4,7-8,16,18,25H,1-3,5-6,9-15,24H2. The van der Waals surface area contributed by atoms with Crippen LogP contribution in [0.1, 0.15) is 56.1 Å². The highest BCUT2D eigenvalue weighted by Crippen LogP contribution is 2.31. The van der Waals surface area contributed by atoms with Crippen molar-refractivity contribution >= 4 is 11.6 Å². The van der Waals surface area contributed by atoms with Crippen molar-refractivity contribution in [3.05, 3.63) is 45.7 Å². The van der Waals surface area contributed by atoms with E-state index < -0.39 is 0 Å². The minimum atomic E-state index is 0.585. The van der Waals surface area contributed by atoms with Gasteiger partial charge < -0.3 is 11.1 Å². The van der Waals surface area contributed by atoms with Crippen molar-refractivity contribution in [2.24, 2.45) is 11.7 Å². The number of rotatable bonds is 4. The lowest BCUT2D eigenvalue weighted by Gasteiger charge is -2.39. The molecule has 1 saturated carbocycles. The number of benzene rings is 1. The molecule has 26 heavy (non-hydrogen) atoms. The summed E-state index contributed by atoms with van der Waals surface area (Å²) < 4.78 is 0. The summed E-state index contributed by atoms with van der Waals surface area (Å²) >= 11 is 6.47. The van der Waals surface area contributed by atoms with Gasteiger partial charge in [-0.1, -0.05) is 43.0 Å². The van der Waals surface area contributed by atoms with E-state index in [0.717, 1.165) is 55.5 Å². The monoisotopic (exact) mass is 373 g/mol. The SMILES string of the molecule is NC1=C(NCC2CCCCC2)CN(C2CCc3cccc(Cl)c3C2)CC1. The zero-order chi connectivity index (χ0) is 17.9. The predicted octanol–water partition coefficient (Wildman–Crippen LogP) is 4.24. The normalized spacial score (nSPS) is 25.2. The summed E-state index contributed by atoms with van der Waals surface area (Å²) in [5.74, 6) is 0.833. The lowest BCUT2D eigenvalue weighted by atomic mass is 9.86. The van der Waals surface area contributed by atoms with Gasteiger partial charge in [0, 0.05) is 48.5 Å². The summed E-state index contributed by atoms with van der Waals surface area (Å²) in [6, 6.07) is 6.94. The molecule has 0 saturated heterocycles. The fraction of sp³-hybridized carbons (Fsp3) is 0.636. The first-order chi connectivity index (χ1) is 12.7. The molecule has 0 spiro atoms. The van der Waals surface area contributed by atoms with Gasteiger partial charge in [0.25, 0.3) is 0 Å². The molecular formula is C22H32ClN3. The van der Waals surface area contributed by atoms with Crippen molar-refractivity contribution in [1.82, 2.24) is 10.2 Å². The van der Waals surface area contributed by atoms with Crippen LogP contribution in [-0.2, 0) is 12.8 Å². The highest BCUT2D eigenvalue weighted by atomic mass is 35.5. The van der Waals surface area contributed by atoms with Crippen LogP contribution in [0.5, 0.6) is 0 Å². The lowest BCUT2D eigenvalue weighted by Crippen LogP contribution is -2.46. The van der Waals surface area contributed by atoms with Gasteiger partial charge in [-0.2, -0.15) is 0 Å². The molecule has 4 rings (SSSR count). The Morgan fingerprint density at radius 3 is 2.81 bits per heavy atom.